The molecule has 0 bridgehead atoms. The topological polar surface area (TPSA) is 30.5 Å². The quantitative estimate of drug-likeness (QED) is 0.762. The van der Waals surface area contributed by atoms with E-state index in [9.17, 15) is 0 Å². The van der Waals surface area contributed by atoms with Gasteiger partial charge >= 0.3 is 0 Å². The molecule has 18 heavy (non-hydrogen) atoms. The summed E-state index contributed by atoms with van der Waals surface area (Å²) in [4.78, 5) is 0. The van der Waals surface area contributed by atoms with Crippen molar-refractivity contribution in [2.75, 3.05) is 0 Å². The number of ether oxygens (including phenoxy) is 2. The molecule has 2 aliphatic heterocycles. The van der Waals surface area contributed by atoms with Gasteiger partial charge in [0.15, 0.2) is 5.79 Å². The van der Waals surface area contributed by atoms with E-state index in [0.29, 0.717) is 12.1 Å². The highest BCUT2D eigenvalue weighted by molar-refractivity contribution is 5.06. The molecule has 0 aromatic carbocycles. The molecule has 0 amide bonds. The lowest BCUT2D eigenvalue weighted by Crippen LogP contribution is -2.46. The van der Waals surface area contributed by atoms with Crippen molar-refractivity contribution >= 4 is 0 Å². The maximum atomic E-state index is 6.13. The Balaban J connectivity index is 1.74. The lowest BCUT2D eigenvalue weighted by Gasteiger charge is -2.38. The highest BCUT2D eigenvalue weighted by Gasteiger charge is 2.51. The third kappa shape index (κ3) is 1.94. The van der Waals surface area contributed by atoms with E-state index < -0.39 is 5.79 Å². The van der Waals surface area contributed by atoms with E-state index in [1.807, 2.05) is 12.2 Å². The zero-order chi connectivity index (χ0) is 12.8. The van der Waals surface area contributed by atoms with Gasteiger partial charge in [0.25, 0.3) is 0 Å². The molecule has 3 heteroatoms. The van der Waals surface area contributed by atoms with Crippen LogP contribution in [0.5, 0.6) is 0 Å². The number of nitrogens with one attached hydrogen (secondary N) is 1. The maximum Gasteiger partial charge on any atom is 0.171 e. The molecule has 1 spiro atoms. The Morgan fingerprint density at radius 2 is 1.89 bits per heavy atom. The fraction of sp³-hybridized carbons (Fsp3) is 0.733. The van der Waals surface area contributed by atoms with Crippen molar-refractivity contribution in [2.24, 2.45) is 5.92 Å². The van der Waals surface area contributed by atoms with Crippen LogP contribution in [0.4, 0.5) is 0 Å². The predicted octanol–water partition coefficient (Wildman–Crippen LogP) is 2.39. The third-order valence-electron chi connectivity index (χ3n) is 4.64. The molecule has 5 unspecified atom stereocenters. The minimum absolute atomic E-state index is 0.0436. The summed E-state index contributed by atoms with van der Waals surface area (Å²) in [6.45, 7) is 9.92. The molecule has 100 valence electrons. The molecule has 5 atom stereocenters. The van der Waals surface area contributed by atoms with E-state index in [-0.39, 0.29) is 12.2 Å². The van der Waals surface area contributed by atoms with E-state index in [0.717, 1.165) is 18.8 Å². The summed E-state index contributed by atoms with van der Waals surface area (Å²) in [5, 5.41) is 3.66. The zero-order valence-corrected chi connectivity index (χ0v) is 11.1. The normalized spacial score (nSPS) is 51.3. The average Bonchev–Trinajstić information content (AvgIpc) is 2.89. The van der Waals surface area contributed by atoms with Gasteiger partial charge in [-0.3, -0.25) is 0 Å². The second-order valence-electron chi connectivity index (χ2n) is 5.96. The molecule has 1 saturated carbocycles. The summed E-state index contributed by atoms with van der Waals surface area (Å²) in [6.07, 6.45) is 8.01. The summed E-state index contributed by atoms with van der Waals surface area (Å²) >= 11 is 0. The summed E-state index contributed by atoms with van der Waals surface area (Å²) in [6, 6.07) is 1.17. The fourth-order valence-corrected chi connectivity index (χ4v) is 3.81. The highest BCUT2D eigenvalue weighted by atomic mass is 16.8. The molecule has 1 N–H and O–H groups in total. The van der Waals surface area contributed by atoms with E-state index in [1.165, 1.54) is 12.8 Å². The molecule has 2 heterocycles. The molecule has 0 radical (unpaired) electrons. The Kier molecular flexibility index (Phi) is 3.08. The first kappa shape index (κ1) is 12.4. The minimum atomic E-state index is -0.407. The number of hydrogen-bond acceptors (Lipinski definition) is 3. The Morgan fingerprint density at radius 1 is 1.22 bits per heavy atom. The Labute approximate surface area is 109 Å². The summed E-state index contributed by atoms with van der Waals surface area (Å²) in [5.41, 5.74) is 0. The molecular formula is C15H23NO2. The van der Waals surface area contributed by atoms with E-state index in [2.05, 4.69) is 25.4 Å². The molecule has 2 saturated heterocycles. The van der Waals surface area contributed by atoms with Crippen LogP contribution in [0.25, 0.3) is 0 Å². The first-order valence-corrected chi connectivity index (χ1v) is 7.02. The van der Waals surface area contributed by atoms with Gasteiger partial charge in [0.1, 0.15) is 12.2 Å². The van der Waals surface area contributed by atoms with Gasteiger partial charge in [0.2, 0.25) is 0 Å². The molecule has 0 aromatic rings. The van der Waals surface area contributed by atoms with Gasteiger partial charge in [-0.05, 0) is 25.7 Å². The average molecular weight is 249 g/mol. The smallest absolute Gasteiger partial charge is 0.171 e. The van der Waals surface area contributed by atoms with E-state index in [4.69, 9.17) is 9.47 Å². The zero-order valence-electron chi connectivity index (χ0n) is 11.1. The molecular weight excluding hydrogens is 226 g/mol. The summed E-state index contributed by atoms with van der Waals surface area (Å²) in [7, 11) is 0. The predicted molar refractivity (Wildman–Crippen MR) is 71.2 cm³/mol. The van der Waals surface area contributed by atoms with E-state index in [1.54, 1.807) is 0 Å². The van der Waals surface area contributed by atoms with Crippen molar-refractivity contribution in [1.29, 1.82) is 0 Å². The first-order chi connectivity index (χ1) is 8.65. The van der Waals surface area contributed by atoms with Crippen LogP contribution in [0.1, 0.15) is 32.6 Å². The van der Waals surface area contributed by atoms with Crippen LogP contribution < -0.4 is 5.32 Å². The van der Waals surface area contributed by atoms with Gasteiger partial charge < -0.3 is 14.8 Å². The van der Waals surface area contributed by atoms with Gasteiger partial charge in [-0.1, -0.05) is 12.2 Å². The standard InChI is InChI=1S/C15H23NO2/c1-4-13-14(5-2)18-15(17-13)7-6-11-8-10(3)16-12(11)9-15/h4-5,10-14,16H,1-2,6-9H2,3H3. The minimum Gasteiger partial charge on any atom is -0.339 e. The summed E-state index contributed by atoms with van der Waals surface area (Å²) < 4.78 is 12.3. The first-order valence-electron chi connectivity index (χ1n) is 7.02. The third-order valence-corrected chi connectivity index (χ3v) is 4.64. The molecule has 3 aliphatic rings. The summed E-state index contributed by atoms with van der Waals surface area (Å²) in [5.74, 6) is 0.387. The fourth-order valence-electron chi connectivity index (χ4n) is 3.81. The van der Waals surface area contributed by atoms with Gasteiger partial charge in [-0.15, -0.1) is 13.2 Å². The van der Waals surface area contributed by atoms with E-state index >= 15 is 0 Å². The monoisotopic (exact) mass is 249 g/mol. The van der Waals surface area contributed by atoms with Crippen LogP contribution in [-0.2, 0) is 9.47 Å². The van der Waals surface area contributed by atoms with Crippen LogP contribution in [0, 0.1) is 5.92 Å². The van der Waals surface area contributed by atoms with Crippen molar-refractivity contribution in [3.8, 4) is 0 Å². The molecule has 1 aliphatic carbocycles. The Hall–Kier alpha value is -0.640. The molecule has 3 fully saturated rings. The van der Waals surface area contributed by atoms with Gasteiger partial charge in [-0.25, -0.2) is 0 Å². The van der Waals surface area contributed by atoms with Crippen molar-refractivity contribution < 1.29 is 9.47 Å². The van der Waals surface area contributed by atoms with Gasteiger partial charge in [-0.2, -0.15) is 0 Å². The largest absolute Gasteiger partial charge is 0.339 e. The SMILES string of the molecule is C=CC1OC2(CCC3CC(C)NC3C2)OC1C=C. The second-order valence-corrected chi connectivity index (χ2v) is 5.96. The van der Waals surface area contributed by atoms with Crippen LogP contribution >= 0.6 is 0 Å². The molecule has 0 aromatic heterocycles. The number of hydrogen-bond donors (Lipinski definition) is 1. The van der Waals surface area contributed by atoms with Gasteiger partial charge in [0.05, 0.1) is 0 Å². The van der Waals surface area contributed by atoms with Crippen molar-refractivity contribution in [2.45, 2.75) is 62.7 Å². The second kappa shape index (κ2) is 4.48. The Morgan fingerprint density at radius 3 is 2.50 bits per heavy atom. The lowest BCUT2D eigenvalue weighted by atomic mass is 9.81. The van der Waals surface area contributed by atoms with Crippen molar-refractivity contribution in [3.05, 3.63) is 25.3 Å². The van der Waals surface area contributed by atoms with Gasteiger partial charge in [0, 0.05) is 24.9 Å². The number of fused-ring (bicyclic) bond motifs is 1. The lowest BCUT2D eigenvalue weighted by molar-refractivity contribution is -0.196. The molecule has 3 nitrogen and oxygen atoms in total. The van der Waals surface area contributed by atoms with Crippen molar-refractivity contribution in [3.63, 3.8) is 0 Å². The van der Waals surface area contributed by atoms with Crippen LogP contribution in [0.2, 0.25) is 0 Å². The van der Waals surface area contributed by atoms with Crippen LogP contribution in [0.15, 0.2) is 25.3 Å². The van der Waals surface area contributed by atoms with Crippen LogP contribution in [-0.4, -0.2) is 30.1 Å². The number of rotatable bonds is 2. The maximum absolute atomic E-state index is 6.13. The van der Waals surface area contributed by atoms with Crippen molar-refractivity contribution in [1.82, 2.24) is 5.32 Å². The highest BCUT2D eigenvalue weighted by Crippen LogP contribution is 2.45. The Bertz CT molecular complexity index is 338. The molecule has 3 rings (SSSR count). The van der Waals surface area contributed by atoms with Crippen LogP contribution in [0.3, 0.4) is 0 Å².